The fraction of sp³-hybridized carbons (Fsp3) is 0.409. The van der Waals surface area contributed by atoms with Crippen LogP contribution in [-0.2, 0) is 11.2 Å². The summed E-state index contributed by atoms with van der Waals surface area (Å²) in [6.45, 7) is 5.03. The number of carbonyl (C=O) groups excluding carboxylic acids is 1. The Kier molecular flexibility index (Phi) is 5.86. The summed E-state index contributed by atoms with van der Waals surface area (Å²) in [5.74, 6) is -1.24. The van der Waals surface area contributed by atoms with E-state index in [1.165, 1.54) is 6.07 Å². The van der Waals surface area contributed by atoms with Crippen molar-refractivity contribution in [3.63, 3.8) is 0 Å². The van der Waals surface area contributed by atoms with Gasteiger partial charge in [-0.15, -0.1) is 11.3 Å². The van der Waals surface area contributed by atoms with E-state index >= 15 is 0 Å². The van der Waals surface area contributed by atoms with Crippen molar-refractivity contribution in [3.05, 3.63) is 58.0 Å². The average molecular weight is 430 g/mol. The second-order valence-corrected chi connectivity index (χ2v) is 9.48. The molecule has 2 aromatic rings. The molecule has 2 amide bonds. The van der Waals surface area contributed by atoms with Crippen LogP contribution in [0, 0.1) is 17.1 Å². The van der Waals surface area contributed by atoms with Gasteiger partial charge in [0.1, 0.15) is 17.4 Å². The molecule has 158 valence electrons. The van der Waals surface area contributed by atoms with E-state index in [0.717, 1.165) is 21.8 Å². The van der Waals surface area contributed by atoms with E-state index < -0.39 is 34.9 Å². The first-order chi connectivity index (χ1) is 14.1. The van der Waals surface area contributed by atoms with Crippen LogP contribution in [0.15, 0.2) is 41.8 Å². The van der Waals surface area contributed by atoms with Crippen LogP contribution in [-0.4, -0.2) is 39.1 Å². The third-order valence-corrected chi connectivity index (χ3v) is 6.24. The number of thiophene rings is 1. The Morgan fingerprint density at radius 3 is 2.53 bits per heavy atom. The molecule has 6 nitrogen and oxygen atoms in total. The lowest BCUT2D eigenvalue weighted by Crippen LogP contribution is -2.59. The van der Waals surface area contributed by atoms with Crippen molar-refractivity contribution in [3.8, 4) is 6.07 Å². The van der Waals surface area contributed by atoms with Crippen LogP contribution in [0.25, 0.3) is 0 Å². The van der Waals surface area contributed by atoms with Crippen molar-refractivity contribution in [1.29, 1.82) is 5.26 Å². The largest absolute Gasteiger partial charge is 0.465 e. The SMILES string of the molecule is CC(C)(C)N(C(=O)O)C(Cc1sccc1F)C(=O)N[C@]1(C#N)C[C@H]1c1ccccc1. The molecule has 1 heterocycles. The highest BCUT2D eigenvalue weighted by Gasteiger charge is 2.58. The standard InChI is InChI=1S/C22H24FN3O3S/c1-21(2,3)26(20(28)29)17(11-18-16(23)9-10-30-18)19(27)25-22(13-24)12-15(22)14-7-5-4-6-8-14/h4-10,15,17H,11-12H2,1-3H3,(H,25,27)(H,28,29)/t15-,17?,22-/m0/s1. The molecular formula is C22H24FN3O3S. The van der Waals surface area contributed by atoms with Crippen molar-refractivity contribution < 1.29 is 19.1 Å². The summed E-state index contributed by atoms with van der Waals surface area (Å²) >= 11 is 1.13. The van der Waals surface area contributed by atoms with E-state index in [0.29, 0.717) is 11.3 Å². The summed E-state index contributed by atoms with van der Waals surface area (Å²) in [7, 11) is 0. The number of hydrogen-bond donors (Lipinski definition) is 2. The molecule has 1 aliphatic rings. The van der Waals surface area contributed by atoms with Gasteiger partial charge in [0, 0.05) is 22.8 Å². The number of hydrogen-bond acceptors (Lipinski definition) is 4. The molecule has 0 aliphatic heterocycles. The fourth-order valence-electron chi connectivity index (χ4n) is 3.78. The van der Waals surface area contributed by atoms with Crippen molar-refractivity contribution in [1.82, 2.24) is 10.2 Å². The van der Waals surface area contributed by atoms with E-state index in [-0.39, 0.29) is 12.3 Å². The molecule has 1 aromatic heterocycles. The zero-order chi connectivity index (χ0) is 22.1. The van der Waals surface area contributed by atoms with Gasteiger partial charge in [-0.1, -0.05) is 30.3 Å². The van der Waals surface area contributed by atoms with Gasteiger partial charge in [-0.25, -0.2) is 9.18 Å². The molecule has 0 spiro atoms. The highest BCUT2D eigenvalue weighted by molar-refractivity contribution is 7.09. The van der Waals surface area contributed by atoms with Gasteiger partial charge in [0.25, 0.3) is 0 Å². The number of rotatable bonds is 6. The van der Waals surface area contributed by atoms with Crippen LogP contribution in [0.4, 0.5) is 9.18 Å². The number of nitrogens with one attached hydrogen (secondary N) is 1. The van der Waals surface area contributed by atoms with Gasteiger partial charge in [-0.2, -0.15) is 5.26 Å². The summed E-state index contributed by atoms with van der Waals surface area (Å²) < 4.78 is 14.1. The lowest BCUT2D eigenvalue weighted by Gasteiger charge is -2.39. The second kappa shape index (κ2) is 8.07. The Balaban J connectivity index is 1.89. The van der Waals surface area contributed by atoms with E-state index in [1.807, 2.05) is 30.3 Å². The number of carbonyl (C=O) groups is 2. The zero-order valence-corrected chi connectivity index (χ0v) is 17.9. The lowest BCUT2D eigenvalue weighted by atomic mass is 9.99. The van der Waals surface area contributed by atoms with Crippen LogP contribution in [0.3, 0.4) is 0 Å². The number of benzene rings is 1. The Morgan fingerprint density at radius 1 is 1.37 bits per heavy atom. The predicted octanol–water partition coefficient (Wildman–Crippen LogP) is 4.14. The van der Waals surface area contributed by atoms with Crippen molar-refractivity contribution in [2.75, 3.05) is 0 Å². The Morgan fingerprint density at radius 2 is 2.03 bits per heavy atom. The van der Waals surface area contributed by atoms with E-state index in [1.54, 1.807) is 26.2 Å². The molecule has 3 atom stereocenters. The van der Waals surface area contributed by atoms with Gasteiger partial charge < -0.3 is 10.4 Å². The van der Waals surface area contributed by atoms with Crippen LogP contribution < -0.4 is 5.32 Å². The molecule has 1 unspecified atom stereocenters. The minimum atomic E-state index is -1.28. The van der Waals surface area contributed by atoms with Crippen molar-refractivity contribution in [2.45, 2.75) is 56.7 Å². The third kappa shape index (κ3) is 4.31. The maximum Gasteiger partial charge on any atom is 0.408 e. The number of nitrogens with zero attached hydrogens (tertiary/aromatic N) is 2. The topological polar surface area (TPSA) is 93.4 Å². The molecule has 0 bridgehead atoms. The number of nitriles is 1. The summed E-state index contributed by atoms with van der Waals surface area (Å²) in [4.78, 5) is 26.6. The molecular weight excluding hydrogens is 405 g/mol. The Labute approximate surface area is 178 Å². The second-order valence-electron chi connectivity index (χ2n) is 8.47. The monoisotopic (exact) mass is 429 g/mol. The maximum atomic E-state index is 14.1. The molecule has 0 saturated heterocycles. The Hall–Kier alpha value is -2.92. The molecule has 1 fully saturated rings. The number of amides is 2. The smallest absolute Gasteiger partial charge is 0.408 e. The molecule has 8 heteroatoms. The Bertz CT molecular complexity index is 980. The zero-order valence-electron chi connectivity index (χ0n) is 17.1. The van der Waals surface area contributed by atoms with E-state index in [2.05, 4.69) is 11.4 Å². The van der Waals surface area contributed by atoms with E-state index in [9.17, 15) is 24.3 Å². The number of halogens is 1. The predicted molar refractivity (Wildman–Crippen MR) is 112 cm³/mol. The summed E-state index contributed by atoms with van der Waals surface area (Å²) in [6, 6.07) is 11.7. The van der Waals surface area contributed by atoms with Crippen LogP contribution in [0.2, 0.25) is 0 Å². The maximum absolute atomic E-state index is 14.1. The lowest BCUT2D eigenvalue weighted by molar-refractivity contribution is -0.128. The van der Waals surface area contributed by atoms with Gasteiger partial charge in [-0.3, -0.25) is 9.69 Å². The summed E-state index contributed by atoms with van der Waals surface area (Å²) in [6.07, 6.45) is -0.931. The third-order valence-electron chi connectivity index (χ3n) is 5.32. The summed E-state index contributed by atoms with van der Waals surface area (Å²) in [5, 5.41) is 23.9. The molecule has 1 aromatic carbocycles. The molecule has 3 rings (SSSR count). The summed E-state index contributed by atoms with van der Waals surface area (Å²) in [5.41, 5.74) is -1.05. The van der Waals surface area contributed by atoms with Gasteiger partial charge in [0.05, 0.1) is 6.07 Å². The molecule has 1 aliphatic carbocycles. The first kappa shape index (κ1) is 21.8. The first-order valence-corrected chi connectivity index (χ1v) is 10.5. The van der Waals surface area contributed by atoms with Crippen molar-refractivity contribution in [2.24, 2.45) is 0 Å². The average Bonchev–Trinajstić information content (AvgIpc) is 3.25. The van der Waals surface area contributed by atoms with Crippen LogP contribution in [0.1, 0.15) is 43.6 Å². The van der Waals surface area contributed by atoms with Gasteiger partial charge >= 0.3 is 6.09 Å². The first-order valence-electron chi connectivity index (χ1n) is 9.61. The highest BCUT2D eigenvalue weighted by atomic mass is 32.1. The molecule has 30 heavy (non-hydrogen) atoms. The van der Waals surface area contributed by atoms with E-state index in [4.69, 9.17) is 0 Å². The van der Waals surface area contributed by atoms with Gasteiger partial charge in [-0.05, 0) is 44.2 Å². The van der Waals surface area contributed by atoms with Crippen LogP contribution in [0.5, 0.6) is 0 Å². The van der Waals surface area contributed by atoms with Crippen LogP contribution >= 0.6 is 11.3 Å². The number of carboxylic acid groups (broad SMARTS) is 1. The molecule has 0 radical (unpaired) electrons. The van der Waals surface area contributed by atoms with Gasteiger partial charge in [0.2, 0.25) is 5.91 Å². The molecule has 2 N–H and O–H groups in total. The molecule has 1 saturated carbocycles. The highest BCUT2D eigenvalue weighted by Crippen LogP contribution is 2.51. The van der Waals surface area contributed by atoms with Crippen molar-refractivity contribution >= 4 is 23.3 Å². The normalized spacial score (nSPS) is 21.4. The quantitative estimate of drug-likeness (QED) is 0.722. The minimum absolute atomic E-state index is 0.101. The minimum Gasteiger partial charge on any atom is -0.465 e. The fourth-order valence-corrected chi connectivity index (χ4v) is 4.57. The van der Waals surface area contributed by atoms with Gasteiger partial charge in [0.15, 0.2) is 0 Å².